The lowest BCUT2D eigenvalue weighted by Gasteiger charge is -2.30. The molecule has 1 saturated heterocycles. The van der Waals surface area contributed by atoms with Crippen LogP contribution >= 0.6 is 7.75 Å². The summed E-state index contributed by atoms with van der Waals surface area (Å²) in [5.41, 5.74) is -1.95. The minimum atomic E-state index is -4.31. The molecular formula is C28H33FN5O9P. The number of esters is 1. The first-order valence-electron chi connectivity index (χ1n) is 13.8. The second-order valence-electron chi connectivity index (χ2n) is 11.1. The number of ether oxygens (including phenoxy) is 2. The van der Waals surface area contributed by atoms with E-state index < -0.39 is 74.2 Å². The molecule has 3 heterocycles. The van der Waals surface area contributed by atoms with E-state index in [1.165, 1.54) is 36.9 Å². The average Bonchev–Trinajstić information content (AvgIpc) is 3.48. The van der Waals surface area contributed by atoms with E-state index in [1.807, 2.05) is 0 Å². The van der Waals surface area contributed by atoms with Gasteiger partial charge in [0.25, 0.3) is 5.56 Å². The number of hydrogen-bond acceptors (Lipinski definition) is 10. The van der Waals surface area contributed by atoms with Crippen LogP contribution in [0.4, 0.5) is 4.39 Å². The van der Waals surface area contributed by atoms with Gasteiger partial charge in [0.2, 0.25) is 0 Å². The van der Waals surface area contributed by atoms with Crippen LogP contribution in [-0.4, -0.2) is 68.2 Å². The lowest BCUT2D eigenvalue weighted by atomic mass is 9.82. The SMILES string of the molecule is CC(C)OC(=O)[C@H](C)NP(=O)(OC[C@H]1O[C@@H](n2cnc3cc4c(=O)[nH]c(=O)[nH]c4cc32)C(F)C1(C)CO)Oc1ccccc1. The molecule has 0 saturated carbocycles. The first-order chi connectivity index (χ1) is 20.8. The average molecular weight is 634 g/mol. The van der Waals surface area contributed by atoms with Gasteiger partial charge in [0, 0.05) is 0 Å². The number of aromatic nitrogens is 4. The smallest absolute Gasteiger partial charge is 0.459 e. The van der Waals surface area contributed by atoms with Gasteiger partial charge in [0.15, 0.2) is 12.4 Å². The van der Waals surface area contributed by atoms with Crippen molar-refractivity contribution in [3.8, 4) is 5.75 Å². The van der Waals surface area contributed by atoms with E-state index in [-0.39, 0.29) is 16.7 Å². The van der Waals surface area contributed by atoms with E-state index in [0.717, 1.165) is 0 Å². The van der Waals surface area contributed by atoms with Crippen molar-refractivity contribution >= 4 is 35.7 Å². The van der Waals surface area contributed by atoms with Gasteiger partial charge in [0.1, 0.15) is 11.8 Å². The van der Waals surface area contributed by atoms with Crippen LogP contribution in [0.1, 0.15) is 33.9 Å². The number of hydrogen-bond donors (Lipinski definition) is 4. The minimum Gasteiger partial charge on any atom is -0.462 e. The molecular weight excluding hydrogens is 600 g/mol. The largest absolute Gasteiger partial charge is 0.462 e. The van der Waals surface area contributed by atoms with E-state index in [9.17, 15) is 24.1 Å². The molecule has 44 heavy (non-hydrogen) atoms. The summed E-state index contributed by atoms with van der Waals surface area (Å²) < 4.78 is 54.1. The zero-order valence-corrected chi connectivity index (χ0v) is 25.2. The standard InChI is InChI=1S/C28H33FN5O9P/c1-15(2)41-26(37)16(3)33-44(39,43-17-8-6-5-7-9-17)40-12-22-28(4,13-35)23(29)25(42-22)34-14-30-20-10-18-19(11-21(20)34)31-27(38)32-24(18)36/h5-11,14-16,22-23,25,35H,12-13H2,1-4H3,(H,33,39)(H2,31,32,36,38)/t16-,22+,23?,25+,28?,44?/m0/s1. The lowest BCUT2D eigenvalue weighted by Crippen LogP contribution is -2.42. The summed E-state index contributed by atoms with van der Waals surface area (Å²) in [5, 5.41) is 13.1. The zero-order valence-electron chi connectivity index (χ0n) is 24.4. The summed E-state index contributed by atoms with van der Waals surface area (Å²) >= 11 is 0. The Balaban J connectivity index is 1.42. The summed E-state index contributed by atoms with van der Waals surface area (Å²) in [7, 11) is -4.31. The monoisotopic (exact) mass is 633 g/mol. The fourth-order valence-corrected chi connectivity index (χ4v) is 6.40. The number of carbonyl (C=O) groups excluding carboxylic acids is 1. The quantitative estimate of drug-likeness (QED) is 0.141. The van der Waals surface area contributed by atoms with Gasteiger partial charge in [-0.3, -0.25) is 19.1 Å². The van der Waals surface area contributed by atoms with Gasteiger partial charge in [-0.15, -0.1) is 0 Å². The molecule has 1 aliphatic heterocycles. The van der Waals surface area contributed by atoms with Crippen molar-refractivity contribution in [1.29, 1.82) is 0 Å². The summed E-state index contributed by atoms with van der Waals surface area (Å²) in [6.07, 6.45) is -3.38. The first kappa shape index (κ1) is 31.5. The van der Waals surface area contributed by atoms with Crippen LogP contribution in [0.3, 0.4) is 0 Å². The number of para-hydroxylation sites is 1. The number of rotatable bonds is 11. The first-order valence-corrected chi connectivity index (χ1v) is 15.4. The number of nitrogens with zero attached hydrogens (tertiary/aromatic N) is 2. The van der Waals surface area contributed by atoms with Gasteiger partial charge in [-0.25, -0.2) is 18.7 Å². The van der Waals surface area contributed by atoms with Gasteiger partial charge < -0.3 is 28.7 Å². The third kappa shape index (κ3) is 6.19. The third-order valence-electron chi connectivity index (χ3n) is 7.39. The highest BCUT2D eigenvalue weighted by molar-refractivity contribution is 7.52. The number of aliphatic hydroxyl groups excluding tert-OH is 1. The lowest BCUT2D eigenvalue weighted by molar-refractivity contribution is -0.149. The van der Waals surface area contributed by atoms with Crippen LogP contribution in [0.2, 0.25) is 0 Å². The number of nitrogens with one attached hydrogen (secondary N) is 3. The molecule has 0 amide bonds. The summed E-state index contributed by atoms with van der Waals surface area (Å²) in [5.74, 6) is -0.509. The normalized spacial score (nSPS) is 24.0. The van der Waals surface area contributed by atoms with Gasteiger partial charge in [-0.2, -0.15) is 5.09 Å². The number of alkyl halides is 1. The number of carbonyl (C=O) groups is 1. The number of imidazole rings is 1. The Morgan fingerprint density at radius 1 is 1.23 bits per heavy atom. The predicted molar refractivity (Wildman–Crippen MR) is 157 cm³/mol. The molecule has 4 aromatic rings. The Bertz CT molecular complexity index is 1830. The van der Waals surface area contributed by atoms with Crippen molar-refractivity contribution in [2.24, 2.45) is 5.41 Å². The molecule has 0 bridgehead atoms. The van der Waals surface area contributed by atoms with Crippen molar-refractivity contribution in [2.75, 3.05) is 13.2 Å². The molecule has 6 atom stereocenters. The molecule has 2 aromatic carbocycles. The van der Waals surface area contributed by atoms with Crippen molar-refractivity contribution in [3.63, 3.8) is 0 Å². The van der Waals surface area contributed by atoms with Crippen molar-refractivity contribution in [1.82, 2.24) is 24.6 Å². The van der Waals surface area contributed by atoms with Gasteiger partial charge in [-0.1, -0.05) is 25.1 Å². The Labute approximate surface area is 250 Å². The van der Waals surface area contributed by atoms with E-state index in [0.29, 0.717) is 11.0 Å². The van der Waals surface area contributed by atoms with E-state index in [2.05, 4.69) is 20.0 Å². The minimum absolute atomic E-state index is 0.181. The van der Waals surface area contributed by atoms with Crippen molar-refractivity contribution in [2.45, 2.75) is 58.3 Å². The molecule has 1 fully saturated rings. The molecule has 14 nitrogen and oxygen atoms in total. The van der Waals surface area contributed by atoms with E-state index in [4.69, 9.17) is 18.5 Å². The Hall–Kier alpha value is -3.88. The molecule has 236 valence electrons. The molecule has 3 unspecified atom stereocenters. The Morgan fingerprint density at radius 2 is 1.95 bits per heavy atom. The summed E-state index contributed by atoms with van der Waals surface area (Å²) in [6.45, 7) is 5.06. The molecule has 0 aliphatic carbocycles. The van der Waals surface area contributed by atoms with Crippen LogP contribution in [0.15, 0.2) is 58.4 Å². The fraction of sp³-hybridized carbons (Fsp3) is 0.429. The van der Waals surface area contributed by atoms with Gasteiger partial charge in [-0.05, 0) is 45.0 Å². The van der Waals surface area contributed by atoms with Crippen LogP contribution in [-0.2, 0) is 23.4 Å². The fourth-order valence-electron chi connectivity index (χ4n) is 4.91. The van der Waals surface area contributed by atoms with Crippen molar-refractivity contribution in [3.05, 3.63) is 69.6 Å². The number of H-pyrrole nitrogens is 2. The second kappa shape index (κ2) is 12.3. The topological polar surface area (TPSA) is 187 Å². The molecule has 0 spiro atoms. The van der Waals surface area contributed by atoms with Gasteiger partial charge >= 0.3 is 19.4 Å². The maximum atomic E-state index is 16.1. The highest BCUT2D eigenvalue weighted by atomic mass is 31.2. The van der Waals surface area contributed by atoms with E-state index >= 15 is 4.39 Å². The zero-order chi connectivity index (χ0) is 31.8. The maximum Gasteiger partial charge on any atom is 0.459 e. The van der Waals surface area contributed by atoms with Crippen molar-refractivity contribution < 1.29 is 37.4 Å². The number of halogens is 1. The van der Waals surface area contributed by atoms with Crippen LogP contribution in [0.5, 0.6) is 5.75 Å². The highest BCUT2D eigenvalue weighted by Gasteiger charge is 2.55. The number of benzene rings is 2. The Morgan fingerprint density at radius 3 is 2.64 bits per heavy atom. The van der Waals surface area contributed by atoms with Crippen LogP contribution in [0.25, 0.3) is 21.9 Å². The molecule has 16 heteroatoms. The number of aliphatic hydroxyl groups is 1. The molecule has 0 radical (unpaired) electrons. The summed E-state index contributed by atoms with van der Waals surface area (Å²) in [6, 6.07) is 9.96. The van der Waals surface area contributed by atoms with Crippen LogP contribution < -0.4 is 20.9 Å². The second-order valence-corrected chi connectivity index (χ2v) is 12.8. The molecule has 1 aliphatic rings. The highest BCUT2D eigenvalue weighted by Crippen LogP contribution is 2.50. The number of fused-ring (bicyclic) bond motifs is 2. The van der Waals surface area contributed by atoms with Crippen LogP contribution in [0, 0.1) is 5.41 Å². The van der Waals surface area contributed by atoms with E-state index in [1.54, 1.807) is 44.2 Å². The summed E-state index contributed by atoms with van der Waals surface area (Å²) in [4.78, 5) is 45.5. The molecule has 5 rings (SSSR count). The van der Waals surface area contributed by atoms with Gasteiger partial charge in [0.05, 0.1) is 59.1 Å². The molecule has 2 aromatic heterocycles. The predicted octanol–water partition coefficient (Wildman–Crippen LogP) is 2.93. The maximum absolute atomic E-state index is 16.1. The third-order valence-corrected chi connectivity index (χ3v) is 9.03. The molecule has 4 N–H and O–H groups in total. The number of aromatic amines is 2. The Kier molecular flexibility index (Phi) is 8.78.